The van der Waals surface area contributed by atoms with Gasteiger partial charge in [-0.1, -0.05) is 120 Å². The number of carbonyl (C=O) groups is 1. The maximum absolute atomic E-state index is 12.2. The van der Waals surface area contributed by atoms with E-state index in [9.17, 15) is 9.90 Å². The van der Waals surface area contributed by atoms with Crippen LogP contribution in [0.3, 0.4) is 0 Å². The molecular weight excluding hydrogens is 793 g/mol. The summed E-state index contributed by atoms with van der Waals surface area (Å²) < 4.78 is 2.38. The third-order valence-corrected chi connectivity index (χ3v) is 11.7. The molecule has 1 aliphatic carbocycles. The van der Waals surface area contributed by atoms with Crippen molar-refractivity contribution in [3.8, 4) is 16.9 Å². The Morgan fingerprint density at radius 2 is 1.42 bits per heavy atom. The van der Waals surface area contributed by atoms with Crippen molar-refractivity contribution in [1.29, 1.82) is 0 Å². The second-order valence-electron chi connectivity index (χ2n) is 14.6. The van der Waals surface area contributed by atoms with Gasteiger partial charge >= 0.3 is 0 Å². The second-order valence-corrected chi connectivity index (χ2v) is 14.6. The monoisotopic (exact) mass is 842 g/mol. The van der Waals surface area contributed by atoms with Crippen molar-refractivity contribution in [2.24, 2.45) is 10.8 Å². The summed E-state index contributed by atoms with van der Waals surface area (Å²) in [5.74, 6) is 0.286. The van der Waals surface area contributed by atoms with Gasteiger partial charge in [-0.2, -0.15) is 0 Å². The molecule has 0 unspecified atom stereocenters. The van der Waals surface area contributed by atoms with Crippen LogP contribution < -0.4 is 0 Å². The second kappa shape index (κ2) is 14.3. The average molecular weight is 842 g/mol. The van der Waals surface area contributed by atoms with Crippen molar-refractivity contribution in [2.45, 2.75) is 86.5 Å². The van der Waals surface area contributed by atoms with Gasteiger partial charge in [0.05, 0.1) is 11.0 Å². The molecule has 0 amide bonds. The van der Waals surface area contributed by atoms with Crippen LogP contribution in [0.5, 0.6) is 0 Å². The molecule has 2 heterocycles. The smallest absolute Gasteiger partial charge is 0.164 e. The van der Waals surface area contributed by atoms with E-state index in [1.807, 2.05) is 47.7 Å². The number of rotatable bonds is 8. The summed E-state index contributed by atoms with van der Waals surface area (Å²) >= 11 is 0. The molecule has 5 heteroatoms. The number of aromatic nitrogens is 2. The van der Waals surface area contributed by atoms with E-state index < -0.39 is 0 Å². The van der Waals surface area contributed by atoms with E-state index in [1.54, 1.807) is 0 Å². The van der Waals surface area contributed by atoms with Gasteiger partial charge in [-0.3, -0.25) is 9.78 Å². The zero-order valence-corrected chi connectivity index (χ0v) is 33.0. The SMILES string of the molecule is CC1(C)c2cc3ccccc3[c-]c2-c2nccc3c2c2c1cccc2n3-c1ccccc1.CCC(C)(CC)C(=O)/C=C(\O)C(C)(CC)CC.[Ir]. The number of hydrogen-bond acceptors (Lipinski definition) is 3. The molecule has 7 rings (SSSR count). The summed E-state index contributed by atoms with van der Waals surface area (Å²) in [6, 6.07) is 34.1. The van der Waals surface area contributed by atoms with Crippen LogP contribution in [-0.4, -0.2) is 20.4 Å². The number of hydrogen-bond donors (Lipinski definition) is 1. The summed E-state index contributed by atoms with van der Waals surface area (Å²) in [5, 5.41) is 15.0. The Kier molecular flexibility index (Phi) is 10.6. The largest absolute Gasteiger partial charge is 0.512 e. The quantitative estimate of drug-likeness (QED) is 0.0943. The van der Waals surface area contributed by atoms with Crippen LogP contribution in [0.4, 0.5) is 0 Å². The number of carbonyl (C=O) groups excluding carboxylic acids is 1. The van der Waals surface area contributed by atoms with Crippen molar-refractivity contribution in [3.63, 3.8) is 0 Å². The molecule has 4 nitrogen and oxygen atoms in total. The topological polar surface area (TPSA) is 55.1 Å². The van der Waals surface area contributed by atoms with Crippen molar-refractivity contribution < 1.29 is 30.0 Å². The Hall–Kier alpha value is -4.05. The molecule has 2 aromatic heterocycles. The molecule has 4 aromatic carbocycles. The van der Waals surface area contributed by atoms with Crippen LogP contribution in [0.25, 0.3) is 49.5 Å². The van der Waals surface area contributed by atoms with E-state index in [1.165, 1.54) is 50.1 Å². The molecule has 0 bridgehead atoms. The standard InChI is InChI=1S/C30H21N2.C15H28O2.Ir/c1-30(2)23-13-8-14-25-27(23)28-26(32(25)21-11-4-3-5-12-21)15-16-31-29(28)22-17-19-9-6-7-10-20(19)18-24(22)30;1-7-14(5,8-2)12(16)11-13(17)15(6,9-3)10-4;/h3-16,18H,1-2H3;11,16H,7-10H2,1-6H3;/q-1;;/b;12-11-;. The summed E-state index contributed by atoms with van der Waals surface area (Å²) in [5.41, 5.74) is 7.56. The predicted octanol–water partition coefficient (Wildman–Crippen LogP) is 12.1. The number of ketones is 1. The third kappa shape index (κ3) is 6.14. The van der Waals surface area contributed by atoms with Crippen molar-refractivity contribution in [1.82, 2.24) is 9.55 Å². The van der Waals surface area contributed by atoms with Crippen LogP contribution in [0.15, 0.2) is 103 Å². The first-order valence-electron chi connectivity index (χ1n) is 17.8. The third-order valence-electron chi connectivity index (χ3n) is 11.7. The Bertz CT molecular complexity index is 2200. The molecular formula is C45H49IrN2O2-. The number of nitrogens with zero attached hydrogens (tertiary/aromatic N) is 2. The maximum Gasteiger partial charge on any atom is 0.164 e. The Morgan fingerprint density at radius 3 is 2.08 bits per heavy atom. The van der Waals surface area contributed by atoms with E-state index >= 15 is 0 Å². The number of allylic oxidation sites excluding steroid dienone is 2. The van der Waals surface area contributed by atoms with Crippen LogP contribution in [-0.2, 0) is 30.3 Å². The molecule has 0 atom stereocenters. The minimum absolute atomic E-state index is 0. The van der Waals surface area contributed by atoms with Gasteiger partial charge < -0.3 is 9.67 Å². The number of aliphatic hydroxyl groups excluding tert-OH is 1. The van der Waals surface area contributed by atoms with Crippen LogP contribution >= 0.6 is 0 Å². The molecule has 0 spiro atoms. The maximum atomic E-state index is 12.2. The Labute approximate surface area is 311 Å². The van der Waals surface area contributed by atoms with Gasteiger partial charge in [0.2, 0.25) is 0 Å². The minimum atomic E-state index is -0.337. The molecule has 0 saturated heterocycles. The van der Waals surface area contributed by atoms with Gasteiger partial charge in [-0.05, 0) is 60.9 Å². The molecule has 0 saturated carbocycles. The molecule has 1 radical (unpaired) electrons. The van der Waals surface area contributed by atoms with Gasteiger partial charge in [0.15, 0.2) is 5.78 Å². The van der Waals surface area contributed by atoms with Crippen LogP contribution in [0.1, 0.15) is 92.2 Å². The van der Waals surface area contributed by atoms with Crippen molar-refractivity contribution in [2.75, 3.05) is 0 Å². The zero-order valence-electron chi connectivity index (χ0n) is 30.6. The number of pyridine rings is 1. The van der Waals surface area contributed by atoms with Gasteiger partial charge in [-0.15, -0.1) is 23.6 Å². The fourth-order valence-electron chi connectivity index (χ4n) is 7.24. The van der Waals surface area contributed by atoms with E-state index in [4.69, 9.17) is 4.98 Å². The van der Waals surface area contributed by atoms with E-state index in [0.717, 1.165) is 42.3 Å². The molecule has 0 aliphatic heterocycles. The summed E-state index contributed by atoms with van der Waals surface area (Å²) in [6.07, 6.45) is 6.70. The number of para-hydroxylation sites is 1. The van der Waals surface area contributed by atoms with Gasteiger partial charge in [0, 0.05) is 65.4 Å². The molecule has 261 valence electrons. The Morgan fingerprint density at radius 1 is 0.800 bits per heavy atom. The zero-order chi connectivity index (χ0) is 35.1. The fraction of sp³-hybridized carbons (Fsp3) is 0.333. The van der Waals surface area contributed by atoms with Gasteiger partial charge in [-0.25, -0.2) is 0 Å². The van der Waals surface area contributed by atoms with Gasteiger partial charge in [0.1, 0.15) is 5.76 Å². The minimum Gasteiger partial charge on any atom is -0.512 e. The Balaban J connectivity index is 0.000000234. The number of fused-ring (bicyclic) bond motifs is 3. The number of benzene rings is 4. The van der Waals surface area contributed by atoms with E-state index in [0.29, 0.717) is 0 Å². The predicted molar refractivity (Wildman–Crippen MR) is 206 cm³/mol. The normalized spacial score (nSPS) is 13.8. The van der Waals surface area contributed by atoms with Crippen LogP contribution in [0.2, 0.25) is 0 Å². The fourth-order valence-corrected chi connectivity index (χ4v) is 7.24. The first-order valence-corrected chi connectivity index (χ1v) is 17.8. The first-order chi connectivity index (χ1) is 23.4. The average Bonchev–Trinajstić information content (AvgIpc) is 3.45. The summed E-state index contributed by atoms with van der Waals surface area (Å²) in [4.78, 5) is 17.1. The molecule has 50 heavy (non-hydrogen) atoms. The van der Waals surface area contributed by atoms with Gasteiger partial charge in [0.25, 0.3) is 0 Å². The first kappa shape index (κ1) is 37.2. The van der Waals surface area contributed by atoms with Crippen molar-refractivity contribution >= 4 is 38.4 Å². The molecule has 1 aliphatic rings. The van der Waals surface area contributed by atoms with E-state index in [2.05, 4.69) is 109 Å². The molecule has 6 aromatic rings. The van der Waals surface area contributed by atoms with Crippen LogP contribution in [0, 0.1) is 16.9 Å². The van der Waals surface area contributed by atoms with Crippen molar-refractivity contribution in [3.05, 3.63) is 120 Å². The summed E-state index contributed by atoms with van der Waals surface area (Å²) in [7, 11) is 0. The molecule has 1 N–H and O–H groups in total. The molecule has 0 fully saturated rings. The summed E-state index contributed by atoms with van der Waals surface area (Å²) in [6.45, 7) is 16.8. The number of aliphatic hydroxyl groups is 1. The van der Waals surface area contributed by atoms with E-state index in [-0.39, 0.29) is 47.9 Å².